The number of hydrogen-bond acceptors (Lipinski definition) is 7. The van der Waals surface area contributed by atoms with Crippen molar-refractivity contribution in [2.24, 2.45) is 98.6 Å². The third-order valence-electron chi connectivity index (χ3n) is 21.2. The molecule has 332 valence electrons. The second-order valence-corrected chi connectivity index (χ2v) is 23.5. The zero-order valence-electron chi connectivity index (χ0n) is 38.4. The molecule has 8 saturated carbocycles. The first-order valence-corrected chi connectivity index (χ1v) is 24.6. The fraction of sp³-hybridized carbons (Fsp3) is 0.961. The van der Waals surface area contributed by atoms with E-state index in [1.807, 2.05) is 0 Å². The molecule has 0 spiro atoms. The molecule has 0 aromatic heterocycles. The molecular weight excluding hydrogens is 725 g/mol. The molecule has 8 aliphatic rings. The van der Waals surface area contributed by atoms with Gasteiger partial charge in [-0.2, -0.15) is 0 Å². The smallest absolute Gasteiger partial charge is 0.305 e. The van der Waals surface area contributed by atoms with Crippen LogP contribution in [0.25, 0.3) is 0 Å². The molecule has 8 rings (SSSR count). The average Bonchev–Trinajstić information content (AvgIpc) is 3.74. The minimum Gasteiger partial charge on any atom is -0.469 e. The summed E-state index contributed by atoms with van der Waals surface area (Å²) in [5.41, 5.74) is 1.36. The van der Waals surface area contributed by atoms with Crippen LogP contribution in [0.2, 0.25) is 0 Å². The first kappa shape index (κ1) is 44.9. The van der Waals surface area contributed by atoms with Crippen LogP contribution in [0.5, 0.6) is 0 Å². The van der Waals surface area contributed by atoms with E-state index in [4.69, 9.17) is 9.47 Å². The van der Waals surface area contributed by atoms with Crippen LogP contribution in [0.1, 0.15) is 177 Å². The molecule has 7 heteroatoms. The Bertz CT molecular complexity index is 1340. The SMILES string of the molecule is COC(=O)CC[C@@H](C)[C@H]1CC[C@H]2[C@@H]3[C@H](O)C[C@@H]4C[C@H](C)CC[C@]4(C)[C@H]3CC[C@]12C.COC(=O)CC[C@@H](C)[C@H]1CC[C@H]2[C@@H]3[C@H](O)C[C@@H]4C[C@H](O)CC[C@]4(C)[C@H]3CC[C@]12C. The zero-order chi connectivity index (χ0) is 41.9. The van der Waals surface area contributed by atoms with Gasteiger partial charge in [0.05, 0.1) is 32.5 Å². The number of aliphatic hydroxyl groups is 3. The van der Waals surface area contributed by atoms with Crippen LogP contribution in [-0.4, -0.2) is 59.8 Å². The number of aliphatic hydroxyl groups excluding tert-OH is 3. The molecule has 0 radical (unpaired) electrons. The topological polar surface area (TPSA) is 113 Å². The molecule has 0 bridgehead atoms. The van der Waals surface area contributed by atoms with E-state index in [9.17, 15) is 24.9 Å². The van der Waals surface area contributed by atoms with Crippen LogP contribution in [0, 0.1) is 98.6 Å². The number of ether oxygens (including phenoxy) is 2. The number of carbonyl (C=O) groups is 2. The summed E-state index contributed by atoms with van der Waals surface area (Å²) in [5.74, 6) is 7.77. The van der Waals surface area contributed by atoms with E-state index in [0.717, 1.165) is 56.8 Å². The van der Waals surface area contributed by atoms with Gasteiger partial charge < -0.3 is 24.8 Å². The van der Waals surface area contributed by atoms with Crippen LogP contribution in [0.4, 0.5) is 0 Å². The van der Waals surface area contributed by atoms with Gasteiger partial charge in [0.1, 0.15) is 0 Å². The van der Waals surface area contributed by atoms with Gasteiger partial charge in [-0.15, -0.1) is 0 Å². The van der Waals surface area contributed by atoms with Crippen LogP contribution in [0.3, 0.4) is 0 Å². The first-order valence-electron chi connectivity index (χ1n) is 24.6. The molecule has 0 aliphatic heterocycles. The van der Waals surface area contributed by atoms with E-state index >= 15 is 0 Å². The third kappa shape index (κ3) is 7.78. The van der Waals surface area contributed by atoms with Gasteiger partial charge in [-0.25, -0.2) is 0 Å². The predicted molar refractivity (Wildman–Crippen MR) is 229 cm³/mol. The maximum Gasteiger partial charge on any atom is 0.305 e. The molecule has 7 nitrogen and oxygen atoms in total. The van der Waals surface area contributed by atoms with E-state index in [-0.39, 0.29) is 35.7 Å². The fourth-order valence-corrected chi connectivity index (χ4v) is 17.9. The van der Waals surface area contributed by atoms with Gasteiger partial charge >= 0.3 is 11.9 Å². The zero-order valence-corrected chi connectivity index (χ0v) is 38.4. The van der Waals surface area contributed by atoms with Crippen molar-refractivity contribution in [3.63, 3.8) is 0 Å². The van der Waals surface area contributed by atoms with Gasteiger partial charge in [0, 0.05) is 12.8 Å². The molecule has 0 aromatic rings. The Hall–Kier alpha value is -1.18. The quantitative estimate of drug-likeness (QED) is 0.209. The van der Waals surface area contributed by atoms with Crippen LogP contribution < -0.4 is 0 Å². The second kappa shape index (κ2) is 17.2. The van der Waals surface area contributed by atoms with Crippen LogP contribution in [0.15, 0.2) is 0 Å². The standard InChI is InChI=1S/C26H44O3.C25H42O4/c1-16-10-12-25(3)18(14-16)15-22(27)24-20-8-7-19(17(2)6-9-23(28)29-5)26(20,4)13-11-21(24)25;1-15(5-8-22(28)29-4)18-6-7-19-23-20(10-12-25(18,19)3)24(2)11-9-17(26)13-16(24)14-21(23)27/h16-22,24,27H,6-15H2,1-5H3;15-21,23,26-27H,5-14H2,1-4H3/t16-,17-,18+,19-,20+,21+,22-,24+,25+,26-;15-,16+,17-,18-,19+,20+,21-,23+,24+,25-/m11/s1. The molecule has 0 aromatic carbocycles. The van der Waals surface area contributed by atoms with E-state index in [1.54, 1.807) is 0 Å². The Kier molecular flexibility index (Phi) is 13.3. The summed E-state index contributed by atoms with van der Waals surface area (Å²) in [6, 6.07) is 0. The van der Waals surface area contributed by atoms with Gasteiger partial charge in [0.25, 0.3) is 0 Å². The Balaban J connectivity index is 0.000000177. The van der Waals surface area contributed by atoms with E-state index < -0.39 is 0 Å². The Morgan fingerprint density at radius 1 is 0.552 bits per heavy atom. The molecule has 0 unspecified atom stereocenters. The molecule has 0 heterocycles. The summed E-state index contributed by atoms with van der Waals surface area (Å²) in [4.78, 5) is 23.3. The summed E-state index contributed by atoms with van der Waals surface area (Å²) in [6.45, 7) is 17.2. The van der Waals surface area contributed by atoms with Crippen molar-refractivity contribution in [3.8, 4) is 0 Å². The molecule has 8 fully saturated rings. The normalized spacial score (nSPS) is 50.2. The minimum atomic E-state index is -0.211. The number of carbonyl (C=O) groups excluding carboxylic acids is 2. The number of rotatable bonds is 8. The lowest BCUT2D eigenvalue weighted by atomic mass is 9.43. The average molecular weight is 811 g/mol. The van der Waals surface area contributed by atoms with Gasteiger partial charge in [-0.05, 0) is 208 Å². The van der Waals surface area contributed by atoms with Crippen LogP contribution >= 0.6 is 0 Å². The number of methoxy groups -OCH3 is 2. The molecular formula is C51H86O7. The molecule has 20 atom stereocenters. The maximum atomic E-state index is 11.7. The minimum absolute atomic E-state index is 0.0755. The van der Waals surface area contributed by atoms with E-state index in [2.05, 4.69) is 48.5 Å². The fourth-order valence-electron chi connectivity index (χ4n) is 17.9. The molecule has 58 heavy (non-hydrogen) atoms. The lowest BCUT2D eigenvalue weighted by molar-refractivity contribution is -0.174. The number of esters is 2. The lowest BCUT2D eigenvalue weighted by Gasteiger charge is -2.62. The van der Waals surface area contributed by atoms with Gasteiger partial charge in [0.15, 0.2) is 0 Å². The van der Waals surface area contributed by atoms with E-state index in [1.165, 1.54) is 84.8 Å². The highest BCUT2D eigenvalue weighted by Gasteiger charge is 2.64. The Morgan fingerprint density at radius 3 is 1.40 bits per heavy atom. The predicted octanol–water partition coefficient (Wildman–Crippen LogP) is 10.4. The highest BCUT2D eigenvalue weighted by molar-refractivity contribution is 5.69. The largest absolute Gasteiger partial charge is 0.469 e. The Morgan fingerprint density at radius 2 is 0.948 bits per heavy atom. The van der Waals surface area contributed by atoms with Crippen molar-refractivity contribution < 1.29 is 34.4 Å². The summed E-state index contributed by atoms with van der Waals surface area (Å²) in [7, 11) is 2.97. The lowest BCUT2D eigenvalue weighted by Crippen LogP contribution is -2.58. The van der Waals surface area contributed by atoms with E-state index in [0.29, 0.717) is 94.2 Å². The van der Waals surface area contributed by atoms with Crippen molar-refractivity contribution in [1.82, 2.24) is 0 Å². The molecule has 3 N–H and O–H groups in total. The maximum absolute atomic E-state index is 11.7. The molecule has 0 amide bonds. The monoisotopic (exact) mass is 811 g/mol. The summed E-state index contributed by atoms with van der Waals surface area (Å²) < 4.78 is 9.74. The highest BCUT2D eigenvalue weighted by Crippen LogP contribution is 2.70. The molecule has 0 saturated heterocycles. The number of fused-ring (bicyclic) bond motifs is 10. The van der Waals surface area contributed by atoms with Gasteiger partial charge in [-0.3, -0.25) is 9.59 Å². The number of hydrogen-bond donors (Lipinski definition) is 3. The van der Waals surface area contributed by atoms with Crippen molar-refractivity contribution >= 4 is 11.9 Å². The van der Waals surface area contributed by atoms with Crippen molar-refractivity contribution in [2.45, 2.75) is 195 Å². The summed E-state index contributed by atoms with van der Waals surface area (Å²) in [6.07, 6.45) is 21.5. The van der Waals surface area contributed by atoms with Gasteiger partial charge in [-0.1, -0.05) is 54.9 Å². The van der Waals surface area contributed by atoms with Crippen molar-refractivity contribution in [1.29, 1.82) is 0 Å². The van der Waals surface area contributed by atoms with Crippen molar-refractivity contribution in [3.05, 3.63) is 0 Å². The van der Waals surface area contributed by atoms with Gasteiger partial charge in [0.2, 0.25) is 0 Å². The summed E-state index contributed by atoms with van der Waals surface area (Å²) >= 11 is 0. The first-order chi connectivity index (χ1) is 27.4. The third-order valence-corrected chi connectivity index (χ3v) is 21.2. The highest BCUT2D eigenvalue weighted by atomic mass is 16.5. The van der Waals surface area contributed by atoms with Crippen LogP contribution in [-0.2, 0) is 19.1 Å². The molecule has 8 aliphatic carbocycles. The second-order valence-electron chi connectivity index (χ2n) is 23.5. The van der Waals surface area contributed by atoms with Crippen molar-refractivity contribution in [2.75, 3.05) is 14.2 Å². The Labute approximate surface area is 353 Å². The summed E-state index contributed by atoms with van der Waals surface area (Å²) in [5, 5.41) is 32.9.